The fourth-order valence-electron chi connectivity index (χ4n) is 3.87. The lowest BCUT2D eigenvalue weighted by Gasteiger charge is -2.34. The van der Waals surface area contributed by atoms with E-state index in [9.17, 15) is 14.7 Å². The molecule has 2 aromatic rings. The van der Waals surface area contributed by atoms with E-state index in [4.69, 9.17) is 0 Å². The first kappa shape index (κ1) is 22.0. The number of aliphatic hydroxyl groups is 1. The van der Waals surface area contributed by atoms with Gasteiger partial charge in [-0.2, -0.15) is 0 Å². The van der Waals surface area contributed by atoms with Crippen molar-refractivity contribution in [1.29, 1.82) is 0 Å². The fourth-order valence-corrected chi connectivity index (χ4v) is 3.87. The predicted octanol–water partition coefficient (Wildman–Crippen LogP) is 3.69. The second kappa shape index (κ2) is 9.43. The molecule has 5 heteroatoms. The van der Waals surface area contributed by atoms with E-state index in [0.29, 0.717) is 18.7 Å². The highest BCUT2D eigenvalue weighted by Gasteiger charge is 2.31. The summed E-state index contributed by atoms with van der Waals surface area (Å²) < 4.78 is 0. The largest absolute Gasteiger partial charge is 0.396 e. The molecule has 30 heavy (non-hydrogen) atoms. The van der Waals surface area contributed by atoms with Gasteiger partial charge in [-0.25, -0.2) is 0 Å². The van der Waals surface area contributed by atoms with Crippen LogP contribution in [0.25, 0.3) is 0 Å². The summed E-state index contributed by atoms with van der Waals surface area (Å²) in [5.74, 6) is -0.299. The van der Waals surface area contributed by atoms with Crippen molar-refractivity contribution >= 4 is 11.8 Å². The van der Waals surface area contributed by atoms with E-state index in [2.05, 4.69) is 26.1 Å². The van der Waals surface area contributed by atoms with Crippen molar-refractivity contribution in [3.63, 3.8) is 0 Å². The lowest BCUT2D eigenvalue weighted by Crippen LogP contribution is -2.47. The molecule has 1 aliphatic rings. The fraction of sp³-hybridized carbons (Fsp3) is 0.440. The van der Waals surface area contributed by atoms with E-state index in [1.807, 2.05) is 54.6 Å². The average molecular weight is 409 g/mol. The zero-order valence-electron chi connectivity index (χ0n) is 18.1. The lowest BCUT2D eigenvalue weighted by molar-refractivity contribution is -0.135. The van der Waals surface area contributed by atoms with Crippen molar-refractivity contribution in [1.82, 2.24) is 10.2 Å². The monoisotopic (exact) mass is 408 g/mol. The van der Waals surface area contributed by atoms with Crippen LogP contribution < -0.4 is 5.32 Å². The molecular weight excluding hydrogens is 376 g/mol. The van der Waals surface area contributed by atoms with Crippen LogP contribution in [0.1, 0.15) is 61.1 Å². The first-order chi connectivity index (χ1) is 14.3. The summed E-state index contributed by atoms with van der Waals surface area (Å²) in [6, 6.07) is 16.1. The summed E-state index contributed by atoms with van der Waals surface area (Å²) >= 11 is 0. The second-order valence-corrected chi connectivity index (χ2v) is 9.12. The number of hydrogen-bond donors (Lipinski definition) is 2. The van der Waals surface area contributed by atoms with Crippen LogP contribution in [0.5, 0.6) is 0 Å². The molecular formula is C25H32N2O3. The smallest absolute Gasteiger partial charge is 0.252 e. The van der Waals surface area contributed by atoms with E-state index in [1.165, 1.54) is 0 Å². The van der Waals surface area contributed by atoms with Gasteiger partial charge in [0.2, 0.25) is 5.91 Å². The molecule has 1 aliphatic heterocycles. The number of amides is 2. The minimum atomic E-state index is -0.751. The Hall–Kier alpha value is -2.66. The topological polar surface area (TPSA) is 69.6 Å². The van der Waals surface area contributed by atoms with Gasteiger partial charge in [0.1, 0.15) is 6.04 Å². The van der Waals surface area contributed by atoms with Crippen LogP contribution in [0.2, 0.25) is 0 Å². The number of nitrogens with zero attached hydrogens (tertiary/aromatic N) is 1. The van der Waals surface area contributed by atoms with Gasteiger partial charge in [0.05, 0.1) is 0 Å². The Morgan fingerprint density at radius 3 is 2.37 bits per heavy atom. The molecule has 0 radical (unpaired) electrons. The third-order valence-electron chi connectivity index (χ3n) is 5.76. The molecule has 2 atom stereocenters. The number of carbonyl (C=O) groups is 2. The number of benzene rings is 2. The maximum atomic E-state index is 13.3. The first-order valence-corrected chi connectivity index (χ1v) is 10.7. The van der Waals surface area contributed by atoms with Crippen LogP contribution in [0.15, 0.2) is 54.6 Å². The molecule has 2 amide bonds. The van der Waals surface area contributed by atoms with Gasteiger partial charge in [0, 0.05) is 25.3 Å². The number of carbonyl (C=O) groups excluding carboxylic acids is 2. The molecule has 0 aliphatic carbocycles. The molecule has 2 unspecified atom stereocenters. The van der Waals surface area contributed by atoms with Crippen LogP contribution in [-0.4, -0.2) is 41.5 Å². The Balaban J connectivity index is 1.81. The van der Waals surface area contributed by atoms with Gasteiger partial charge < -0.3 is 15.3 Å². The van der Waals surface area contributed by atoms with Gasteiger partial charge in [-0.1, -0.05) is 63.2 Å². The molecule has 1 heterocycles. The Morgan fingerprint density at radius 2 is 1.77 bits per heavy atom. The van der Waals surface area contributed by atoms with Crippen LogP contribution in [0, 0.1) is 5.92 Å². The number of nitrogens with one attached hydrogen (secondary N) is 1. The third-order valence-corrected chi connectivity index (χ3v) is 5.76. The highest BCUT2D eigenvalue weighted by Crippen LogP contribution is 2.24. The number of hydrogen-bond acceptors (Lipinski definition) is 3. The Kier molecular flexibility index (Phi) is 6.93. The van der Waals surface area contributed by atoms with Crippen molar-refractivity contribution < 1.29 is 14.7 Å². The Labute approximate surface area is 179 Å². The molecule has 160 valence electrons. The molecule has 1 saturated heterocycles. The SMILES string of the molecule is CC(C)(C)c1ccc(C(=O)NC(C(=O)N2CCCC(CO)C2)c2ccccc2)cc1. The second-order valence-electron chi connectivity index (χ2n) is 9.12. The zero-order valence-corrected chi connectivity index (χ0v) is 18.1. The predicted molar refractivity (Wildman–Crippen MR) is 118 cm³/mol. The van der Waals surface area contributed by atoms with Crippen molar-refractivity contribution in [2.24, 2.45) is 5.92 Å². The maximum absolute atomic E-state index is 13.3. The number of aliphatic hydroxyl groups excluding tert-OH is 1. The standard InChI is InChI=1S/C25H32N2O3/c1-25(2,3)21-13-11-20(12-14-21)23(29)26-22(19-9-5-4-6-10-19)24(30)27-15-7-8-18(16-27)17-28/h4-6,9-14,18,22,28H,7-8,15-17H2,1-3H3,(H,26,29). The van der Waals surface area contributed by atoms with Gasteiger partial charge in [-0.15, -0.1) is 0 Å². The van der Waals surface area contributed by atoms with E-state index in [-0.39, 0.29) is 29.8 Å². The first-order valence-electron chi connectivity index (χ1n) is 10.7. The molecule has 0 bridgehead atoms. The highest BCUT2D eigenvalue weighted by molar-refractivity contribution is 5.98. The van der Waals surface area contributed by atoms with E-state index in [0.717, 1.165) is 24.0 Å². The summed E-state index contributed by atoms with van der Waals surface area (Å²) in [7, 11) is 0. The highest BCUT2D eigenvalue weighted by atomic mass is 16.3. The number of likely N-dealkylation sites (tertiary alicyclic amines) is 1. The normalized spacial score (nSPS) is 18.0. The van der Waals surface area contributed by atoms with Crippen LogP contribution in [0.3, 0.4) is 0 Å². The summed E-state index contributed by atoms with van der Waals surface area (Å²) in [5, 5.41) is 12.5. The molecule has 2 aromatic carbocycles. The minimum Gasteiger partial charge on any atom is -0.396 e. The molecule has 2 N–H and O–H groups in total. The summed E-state index contributed by atoms with van der Waals surface area (Å²) in [6.07, 6.45) is 1.78. The molecule has 0 spiro atoms. The van der Waals surface area contributed by atoms with E-state index >= 15 is 0 Å². The molecule has 0 aromatic heterocycles. The number of piperidine rings is 1. The average Bonchev–Trinajstić information content (AvgIpc) is 2.77. The quantitative estimate of drug-likeness (QED) is 0.793. The van der Waals surface area contributed by atoms with Crippen LogP contribution >= 0.6 is 0 Å². The van der Waals surface area contributed by atoms with Crippen molar-refractivity contribution in [2.45, 2.75) is 45.1 Å². The van der Waals surface area contributed by atoms with Gasteiger partial charge in [0.25, 0.3) is 5.91 Å². The van der Waals surface area contributed by atoms with Crippen molar-refractivity contribution in [3.05, 3.63) is 71.3 Å². The molecule has 3 rings (SSSR count). The third kappa shape index (κ3) is 5.28. The van der Waals surface area contributed by atoms with Crippen molar-refractivity contribution in [3.8, 4) is 0 Å². The molecule has 1 fully saturated rings. The molecule has 0 saturated carbocycles. The Bertz CT molecular complexity index is 856. The lowest BCUT2D eigenvalue weighted by atomic mass is 9.86. The summed E-state index contributed by atoms with van der Waals surface area (Å²) in [6.45, 7) is 7.63. The van der Waals surface area contributed by atoms with Gasteiger partial charge in [-0.3, -0.25) is 9.59 Å². The van der Waals surface area contributed by atoms with Crippen LogP contribution in [-0.2, 0) is 10.2 Å². The van der Waals surface area contributed by atoms with E-state index in [1.54, 1.807) is 4.90 Å². The minimum absolute atomic E-state index is 0.00898. The van der Waals surface area contributed by atoms with Gasteiger partial charge in [-0.05, 0) is 47.4 Å². The number of rotatable bonds is 5. The summed E-state index contributed by atoms with van der Waals surface area (Å²) in [5.41, 5.74) is 2.45. The van der Waals surface area contributed by atoms with Gasteiger partial charge >= 0.3 is 0 Å². The van der Waals surface area contributed by atoms with Crippen molar-refractivity contribution in [2.75, 3.05) is 19.7 Å². The van der Waals surface area contributed by atoms with Gasteiger partial charge in [0.15, 0.2) is 0 Å². The Morgan fingerprint density at radius 1 is 1.10 bits per heavy atom. The summed E-state index contributed by atoms with van der Waals surface area (Å²) in [4.78, 5) is 28.1. The molecule has 5 nitrogen and oxygen atoms in total. The maximum Gasteiger partial charge on any atom is 0.252 e. The van der Waals surface area contributed by atoms with E-state index < -0.39 is 6.04 Å². The zero-order chi connectivity index (χ0) is 21.7. The van der Waals surface area contributed by atoms with Crippen LogP contribution in [0.4, 0.5) is 0 Å².